The molecule has 0 radical (unpaired) electrons. The van der Waals surface area contributed by atoms with Crippen molar-refractivity contribution in [2.75, 3.05) is 6.54 Å². The lowest BCUT2D eigenvalue weighted by Crippen LogP contribution is -2.40. The quantitative estimate of drug-likeness (QED) is 0.825. The highest BCUT2D eigenvalue weighted by molar-refractivity contribution is 6.30. The second-order valence-electron chi connectivity index (χ2n) is 5.50. The molecule has 0 atom stereocenters. The predicted octanol–water partition coefficient (Wildman–Crippen LogP) is 3.46. The second-order valence-corrected chi connectivity index (χ2v) is 5.93. The Bertz CT molecular complexity index is 532. The fourth-order valence-corrected chi connectivity index (χ4v) is 3.00. The Morgan fingerprint density at radius 2 is 2.20 bits per heavy atom. The zero-order valence-electron chi connectivity index (χ0n) is 11.5. The molecule has 2 aromatic rings. The van der Waals surface area contributed by atoms with Crippen LogP contribution in [0.2, 0.25) is 5.02 Å². The molecule has 106 valence electrons. The number of aryl methyl sites for hydroxylation is 1. The molecule has 1 fully saturated rings. The van der Waals surface area contributed by atoms with E-state index in [9.17, 15) is 0 Å². The van der Waals surface area contributed by atoms with Crippen molar-refractivity contribution >= 4 is 11.6 Å². The van der Waals surface area contributed by atoms with Gasteiger partial charge in [-0.2, -0.15) is 5.10 Å². The third-order valence-corrected chi connectivity index (χ3v) is 4.25. The first-order valence-corrected chi connectivity index (χ1v) is 7.65. The van der Waals surface area contributed by atoms with Crippen LogP contribution in [0.4, 0.5) is 0 Å². The first-order valence-electron chi connectivity index (χ1n) is 7.27. The van der Waals surface area contributed by atoms with Gasteiger partial charge >= 0.3 is 0 Å². The summed E-state index contributed by atoms with van der Waals surface area (Å²) >= 11 is 6.03. The number of benzene rings is 1. The minimum absolute atomic E-state index is 0.664. The van der Waals surface area contributed by atoms with E-state index in [1.807, 2.05) is 35.3 Å². The van der Waals surface area contributed by atoms with Gasteiger partial charge in [-0.25, -0.2) is 0 Å². The molecule has 0 amide bonds. The molecule has 1 aromatic heterocycles. The SMILES string of the molecule is Clc1cccc(C2CC(NCCCn3cccn3)C2)c1. The first kappa shape index (κ1) is 13.7. The molecule has 0 spiro atoms. The lowest BCUT2D eigenvalue weighted by Gasteiger charge is -2.36. The van der Waals surface area contributed by atoms with Gasteiger partial charge in [-0.15, -0.1) is 0 Å². The summed E-state index contributed by atoms with van der Waals surface area (Å²) in [5, 5.41) is 8.67. The first-order chi connectivity index (χ1) is 9.81. The molecular formula is C16H20ClN3. The maximum atomic E-state index is 6.03. The monoisotopic (exact) mass is 289 g/mol. The molecule has 1 saturated carbocycles. The Morgan fingerprint density at radius 3 is 2.95 bits per heavy atom. The van der Waals surface area contributed by atoms with Crippen molar-refractivity contribution in [1.29, 1.82) is 0 Å². The van der Waals surface area contributed by atoms with Crippen molar-refractivity contribution in [2.24, 2.45) is 0 Å². The molecule has 1 aliphatic carbocycles. The summed E-state index contributed by atoms with van der Waals surface area (Å²) in [6.07, 6.45) is 7.41. The summed E-state index contributed by atoms with van der Waals surface area (Å²) in [6, 6.07) is 10.9. The molecular weight excluding hydrogens is 270 g/mol. The molecule has 1 aromatic carbocycles. The Morgan fingerprint density at radius 1 is 1.30 bits per heavy atom. The second kappa shape index (κ2) is 6.42. The van der Waals surface area contributed by atoms with E-state index in [0.29, 0.717) is 12.0 Å². The van der Waals surface area contributed by atoms with Crippen molar-refractivity contribution in [3.05, 3.63) is 53.3 Å². The van der Waals surface area contributed by atoms with Crippen LogP contribution < -0.4 is 5.32 Å². The van der Waals surface area contributed by atoms with Crippen molar-refractivity contribution in [1.82, 2.24) is 15.1 Å². The Hall–Kier alpha value is -1.32. The minimum atomic E-state index is 0.664. The molecule has 3 rings (SSSR count). The zero-order valence-corrected chi connectivity index (χ0v) is 12.3. The lowest BCUT2D eigenvalue weighted by atomic mass is 9.76. The van der Waals surface area contributed by atoms with Crippen LogP contribution in [0.1, 0.15) is 30.7 Å². The van der Waals surface area contributed by atoms with E-state index in [1.54, 1.807) is 0 Å². The van der Waals surface area contributed by atoms with Gasteiger partial charge in [0.25, 0.3) is 0 Å². The number of nitrogens with one attached hydrogen (secondary N) is 1. The van der Waals surface area contributed by atoms with Crippen LogP contribution in [0.25, 0.3) is 0 Å². The van der Waals surface area contributed by atoms with Crippen LogP contribution in [0, 0.1) is 0 Å². The number of hydrogen-bond donors (Lipinski definition) is 1. The van der Waals surface area contributed by atoms with Gasteiger partial charge in [0, 0.05) is 30.0 Å². The molecule has 1 N–H and O–H groups in total. The third kappa shape index (κ3) is 3.41. The van der Waals surface area contributed by atoms with Crippen LogP contribution in [-0.4, -0.2) is 22.4 Å². The van der Waals surface area contributed by atoms with Crippen LogP contribution >= 0.6 is 11.6 Å². The molecule has 0 aliphatic heterocycles. The smallest absolute Gasteiger partial charge is 0.0489 e. The molecule has 4 heteroatoms. The number of rotatable bonds is 6. The summed E-state index contributed by atoms with van der Waals surface area (Å²) in [7, 11) is 0. The molecule has 20 heavy (non-hydrogen) atoms. The molecule has 0 bridgehead atoms. The van der Waals surface area contributed by atoms with E-state index in [1.165, 1.54) is 18.4 Å². The summed E-state index contributed by atoms with van der Waals surface area (Å²) in [6.45, 7) is 2.05. The summed E-state index contributed by atoms with van der Waals surface area (Å²) in [4.78, 5) is 0. The predicted molar refractivity (Wildman–Crippen MR) is 82.1 cm³/mol. The van der Waals surface area contributed by atoms with E-state index in [0.717, 1.165) is 24.5 Å². The summed E-state index contributed by atoms with van der Waals surface area (Å²) in [5.41, 5.74) is 1.38. The van der Waals surface area contributed by atoms with Gasteiger partial charge in [-0.3, -0.25) is 4.68 Å². The van der Waals surface area contributed by atoms with Crippen molar-refractivity contribution in [3.63, 3.8) is 0 Å². The highest BCUT2D eigenvalue weighted by Gasteiger charge is 2.29. The van der Waals surface area contributed by atoms with Crippen LogP contribution in [0.15, 0.2) is 42.7 Å². The zero-order chi connectivity index (χ0) is 13.8. The van der Waals surface area contributed by atoms with E-state index in [-0.39, 0.29) is 0 Å². The highest BCUT2D eigenvalue weighted by Crippen LogP contribution is 2.37. The summed E-state index contributed by atoms with van der Waals surface area (Å²) < 4.78 is 1.98. The summed E-state index contributed by atoms with van der Waals surface area (Å²) in [5.74, 6) is 0.678. The number of aromatic nitrogens is 2. The highest BCUT2D eigenvalue weighted by atomic mass is 35.5. The average molecular weight is 290 g/mol. The van der Waals surface area contributed by atoms with E-state index >= 15 is 0 Å². The van der Waals surface area contributed by atoms with Crippen LogP contribution in [-0.2, 0) is 6.54 Å². The maximum Gasteiger partial charge on any atom is 0.0489 e. The number of hydrogen-bond acceptors (Lipinski definition) is 2. The van der Waals surface area contributed by atoms with Gasteiger partial charge < -0.3 is 5.32 Å². The lowest BCUT2D eigenvalue weighted by molar-refractivity contribution is 0.288. The molecule has 1 aliphatic rings. The Kier molecular flexibility index (Phi) is 4.38. The van der Waals surface area contributed by atoms with Gasteiger partial charge in [0.05, 0.1) is 0 Å². The van der Waals surface area contributed by atoms with Crippen LogP contribution in [0.5, 0.6) is 0 Å². The fraction of sp³-hybridized carbons (Fsp3) is 0.438. The van der Waals surface area contributed by atoms with Gasteiger partial charge in [0.15, 0.2) is 0 Å². The minimum Gasteiger partial charge on any atom is -0.314 e. The third-order valence-electron chi connectivity index (χ3n) is 4.01. The van der Waals surface area contributed by atoms with Crippen molar-refractivity contribution in [3.8, 4) is 0 Å². The average Bonchev–Trinajstić information content (AvgIpc) is 2.89. The Labute approximate surface area is 124 Å². The maximum absolute atomic E-state index is 6.03. The van der Waals surface area contributed by atoms with E-state index < -0.39 is 0 Å². The largest absolute Gasteiger partial charge is 0.314 e. The standard InChI is InChI=1S/C16H20ClN3/c17-15-5-1-4-13(10-15)14-11-16(12-14)18-6-2-8-20-9-3-7-19-20/h1,3-5,7,9-10,14,16,18H,2,6,8,11-12H2. The fourth-order valence-electron chi connectivity index (χ4n) is 2.80. The van der Waals surface area contributed by atoms with Crippen molar-refractivity contribution in [2.45, 2.75) is 37.8 Å². The molecule has 0 saturated heterocycles. The molecule has 3 nitrogen and oxygen atoms in total. The van der Waals surface area contributed by atoms with E-state index in [4.69, 9.17) is 11.6 Å². The Balaban J connectivity index is 1.34. The van der Waals surface area contributed by atoms with Gasteiger partial charge in [0.1, 0.15) is 0 Å². The topological polar surface area (TPSA) is 29.9 Å². The van der Waals surface area contributed by atoms with Gasteiger partial charge in [0.2, 0.25) is 0 Å². The normalized spacial score (nSPS) is 21.6. The molecule has 1 heterocycles. The number of nitrogens with zero attached hydrogens (tertiary/aromatic N) is 2. The molecule has 0 unspecified atom stereocenters. The van der Waals surface area contributed by atoms with Gasteiger partial charge in [-0.05, 0) is 55.5 Å². The van der Waals surface area contributed by atoms with Gasteiger partial charge in [-0.1, -0.05) is 23.7 Å². The number of halogens is 1. The van der Waals surface area contributed by atoms with Crippen molar-refractivity contribution < 1.29 is 0 Å². The van der Waals surface area contributed by atoms with E-state index in [2.05, 4.69) is 22.5 Å². The van der Waals surface area contributed by atoms with Crippen LogP contribution in [0.3, 0.4) is 0 Å².